The Kier molecular flexibility index (Phi) is 1.36. The van der Waals surface area contributed by atoms with Gasteiger partial charge in [0.25, 0.3) is 0 Å². The molecule has 0 heterocycles. The van der Waals surface area contributed by atoms with Gasteiger partial charge in [-0.1, -0.05) is 11.8 Å². The van der Waals surface area contributed by atoms with E-state index in [2.05, 4.69) is 0 Å². The Bertz CT molecular complexity index is 166. The lowest BCUT2D eigenvalue weighted by molar-refractivity contribution is 2.16. The first kappa shape index (κ1) is 2.11. The van der Waals surface area contributed by atoms with E-state index in [1.165, 1.54) is 0 Å². The third-order valence-electron chi connectivity index (χ3n) is 0.207. The molecule has 0 aromatic carbocycles. The van der Waals surface area contributed by atoms with Crippen molar-refractivity contribution in [2.24, 2.45) is 0 Å². The molecule has 6 heavy (non-hydrogen) atoms. The lowest BCUT2D eigenvalue weighted by atomic mass is 10.5. The second-order valence-corrected chi connectivity index (χ2v) is 0.539. The molecule has 0 atom stereocenters. The molecule has 0 unspecified atom stereocenters. The van der Waals surface area contributed by atoms with Crippen LogP contribution in [0.2, 0.25) is 0 Å². The van der Waals surface area contributed by atoms with Crippen molar-refractivity contribution in [3.8, 4) is 24.7 Å². The van der Waals surface area contributed by atoms with E-state index in [9.17, 15) is 0 Å². The van der Waals surface area contributed by atoms with Crippen molar-refractivity contribution >= 4 is 0 Å². The molecule has 0 saturated heterocycles. The highest BCUT2D eigenvalue weighted by molar-refractivity contribution is 5.19. The van der Waals surface area contributed by atoms with E-state index < -0.39 is 0 Å². The highest BCUT2D eigenvalue weighted by Crippen LogP contribution is 1.59. The standard InChI is InChI=1S/C6H4/c1-3-5-6-4-2/h1-2,5-6H/b6-5-/i5D,6D. The van der Waals surface area contributed by atoms with Crippen molar-refractivity contribution in [1.29, 1.82) is 0 Å². The van der Waals surface area contributed by atoms with Crippen LogP contribution in [-0.2, 0) is 0 Å². The number of hydrogen-bond donors (Lipinski definition) is 0. The number of rotatable bonds is 0. The van der Waals surface area contributed by atoms with Crippen molar-refractivity contribution in [3.63, 3.8) is 0 Å². The molecule has 0 aromatic heterocycles. The fourth-order valence-corrected chi connectivity index (χ4v) is 0.0722. The van der Waals surface area contributed by atoms with Gasteiger partial charge in [-0.15, -0.1) is 12.8 Å². The summed E-state index contributed by atoms with van der Waals surface area (Å²) in [7, 11) is 0. The summed E-state index contributed by atoms with van der Waals surface area (Å²) in [5.74, 6) is 3.86. The molecule has 0 nitrogen and oxygen atoms in total. The molecule has 0 aromatic rings. The number of terminal acetylenes is 2. The van der Waals surface area contributed by atoms with E-state index >= 15 is 0 Å². The summed E-state index contributed by atoms with van der Waals surface area (Å²) in [6.45, 7) is 0. The van der Waals surface area contributed by atoms with Gasteiger partial charge < -0.3 is 0 Å². The van der Waals surface area contributed by atoms with Crippen LogP contribution >= 0.6 is 0 Å². The third-order valence-corrected chi connectivity index (χ3v) is 0.207. The Morgan fingerprint density at radius 3 is 1.83 bits per heavy atom. The maximum absolute atomic E-state index is 6.74. The van der Waals surface area contributed by atoms with Gasteiger partial charge in [0.1, 0.15) is 0 Å². The Morgan fingerprint density at radius 2 is 1.67 bits per heavy atom. The molecule has 28 valence electrons. The normalized spacial score (nSPS) is 15.0. The van der Waals surface area contributed by atoms with Crippen molar-refractivity contribution in [1.82, 2.24) is 0 Å². The van der Waals surface area contributed by atoms with Crippen LogP contribution in [0, 0.1) is 24.7 Å². The molecule has 0 radical (unpaired) electrons. The molecular weight excluding hydrogens is 72.1 g/mol. The van der Waals surface area contributed by atoms with Crippen LogP contribution in [0.3, 0.4) is 0 Å². The van der Waals surface area contributed by atoms with Crippen LogP contribution in [0.15, 0.2) is 12.1 Å². The quantitative estimate of drug-likeness (QED) is 0.376. The zero-order chi connectivity index (χ0) is 6.57. The Labute approximate surface area is 40.7 Å². The van der Waals surface area contributed by atoms with Crippen LogP contribution in [0.5, 0.6) is 0 Å². The molecule has 0 aliphatic rings. The predicted octanol–water partition coefficient (Wildman–Crippen LogP) is 0.809. The van der Waals surface area contributed by atoms with Crippen LogP contribution in [0.4, 0.5) is 0 Å². The summed E-state index contributed by atoms with van der Waals surface area (Å²) in [6, 6.07) is -0.486. The van der Waals surface area contributed by atoms with Gasteiger partial charge in [0.2, 0.25) is 0 Å². The fourth-order valence-electron chi connectivity index (χ4n) is 0.0722. The van der Waals surface area contributed by atoms with Crippen molar-refractivity contribution in [3.05, 3.63) is 12.1 Å². The van der Waals surface area contributed by atoms with E-state index in [-0.39, 0.29) is 12.1 Å². The molecule has 0 N–H and O–H groups in total. The summed E-state index contributed by atoms with van der Waals surface area (Å²) in [5.41, 5.74) is 0. The maximum Gasteiger partial charge on any atom is 0.0727 e. The minimum atomic E-state index is -0.243. The first-order valence-electron chi connectivity index (χ1n) is 2.33. The average Bonchev–Trinajstić information content (AvgIpc) is 1.84. The minimum absolute atomic E-state index is 0.243. The molecule has 0 heteroatoms. The van der Waals surface area contributed by atoms with Gasteiger partial charge in [0.15, 0.2) is 0 Å². The Balaban J connectivity index is 4.41. The molecular formula is C6H4. The second kappa shape index (κ2) is 3.86. The molecule has 0 saturated carbocycles. The lowest BCUT2D eigenvalue weighted by Crippen LogP contribution is -1.41. The lowest BCUT2D eigenvalue weighted by Gasteiger charge is -1.53. The summed E-state index contributed by atoms with van der Waals surface area (Å²) in [4.78, 5) is 0. The van der Waals surface area contributed by atoms with Crippen LogP contribution in [0.1, 0.15) is 2.74 Å². The molecule has 0 amide bonds. The molecule has 0 spiro atoms. The van der Waals surface area contributed by atoms with Gasteiger partial charge in [-0.25, -0.2) is 0 Å². The average molecular weight is 78.1 g/mol. The smallest absolute Gasteiger partial charge is 0.0727 e. The maximum atomic E-state index is 6.74. The molecule has 0 rings (SSSR count). The monoisotopic (exact) mass is 78.0 g/mol. The highest BCUT2D eigenvalue weighted by Gasteiger charge is 1.46. The summed E-state index contributed by atoms with van der Waals surface area (Å²) in [6.07, 6.45) is 9.48. The van der Waals surface area contributed by atoms with E-state index in [4.69, 9.17) is 15.6 Å². The Morgan fingerprint density at radius 1 is 1.33 bits per heavy atom. The molecule has 0 bridgehead atoms. The third kappa shape index (κ3) is 2.86. The van der Waals surface area contributed by atoms with E-state index in [1.807, 2.05) is 11.8 Å². The Hall–Kier alpha value is -1.14. The van der Waals surface area contributed by atoms with Gasteiger partial charge in [0, 0.05) is 0 Å². The van der Waals surface area contributed by atoms with Crippen LogP contribution in [0.25, 0.3) is 0 Å². The number of hydrogen-bond acceptors (Lipinski definition) is 0. The van der Waals surface area contributed by atoms with E-state index in [0.29, 0.717) is 0 Å². The van der Waals surface area contributed by atoms with Crippen LogP contribution < -0.4 is 0 Å². The van der Waals surface area contributed by atoms with Crippen LogP contribution in [-0.4, -0.2) is 0 Å². The summed E-state index contributed by atoms with van der Waals surface area (Å²) < 4.78 is 13.5. The zero-order valence-corrected chi connectivity index (χ0v) is 3.15. The van der Waals surface area contributed by atoms with Crippen molar-refractivity contribution in [2.45, 2.75) is 0 Å². The summed E-state index contributed by atoms with van der Waals surface area (Å²) in [5, 5.41) is 0. The van der Waals surface area contributed by atoms with E-state index in [1.54, 1.807) is 0 Å². The highest BCUT2D eigenvalue weighted by atomic mass is 13.5. The summed E-state index contributed by atoms with van der Waals surface area (Å²) >= 11 is 0. The minimum Gasteiger partial charge on any atom is -0.115 e. The second-order valence-electron chi connectivity index (χ2n) is 0.539. The topological polar surface area (TPSA) is 0 Å². The zero-order valence-electron chi connectivity index (χ0n) is 5.15. The van der Waals surface area contributed by atoms with Crippen molar-refractivity contribution < 1.29 is 2.74 Å². The van der Waals surface area contributed by atoms with Gasteiger partial charge >= 0.3 is 0 Å². The first-order valence-corrected chi connectivity index (χ1v) is 1.33. The van der Waals surface area contributed by atoms with Crippen molar-refractivity contribution in [2.75, 3.05) is 0 Å². The van der Waals surface area contributed by atoms with E-state index in [0.717, 1.165) is 0 Å². The first-order chi connectivity index (χ1) is 3.72. The molecule has 0 fully saturated rings. The van der Waals surface area contributed by atoms with Gasteiger partial charge in [-0.2, -0.15) is 0 Å². The molecule has 0 aliphatic carbocycles. The fraction of sp³-hybridized carbons (Fsp3) is 0. The van der Waals surface area contributed by atoms with Gasteiger partial charge in [-0.3, -0.25) is 0 Å². The van der Waals surface area contributed by atoms with Gasteiger partial charge in [0.05, 0.1) is 2.74 Å². The SMILES string of the molecule is [2H]/C(C#C)=C(\[2H])C#C. The largest absolute Gasteiger partial charge is 0.115 e. The molecule has 0 aliphatic heterocycles. The predicted molar refractivity (Wildman–Crippen MR) is 26.8 cm³/mol. The van der Waals surface area contributed by atoms with Gasteiger partial charge in [-0.05, 0) is 12.1 Å². The number of allylic oxidation sites excluding steroid dienone is 2.